The van der Waals surface area contributed by atoms with Crippen LogP contribution in [0.15, 0.2) is 0 Å². The number of hydrogen-bond acceptors (Lipinski definition) is 4. The van der Waals surface area contributed by atoms with E-state index in [2.05, 4.69) is 22.5 Å². The molecule has 2 fully saturated rings. The fraction of sp³-hybridized carbons (Fsp3) is 1.00. The van der Waals surface area contributed by atoms with Crippen molar-refractivity contribution in [3.63, 3.8) is 0 Å². The van der Waals surface area contributed by atoms with Gasteiger partial charge < -0.3 is 10.0 Å². The van der Waals surface area contributed by atoms with Crippen molar-refractivity contribution >= 4 is 0 Å². The topological polar surface area (TPSA) is 47.5 Å². The molecule has 4 atom stereocenters. The van der Waals surface area contributed by atoms with Gasteiger partial charge in [-0.1, -0.05) is 19.8 Å². The van der Waals surface area contributed by atoms with Crippen molar-refractivity contribution in [2.45, 2.75) is 57.8 Å². The molecular weight excluding hydrogens is 238 g/mol. The molecule has 0 spiro atoms. The molecule has 4 unspecified atom stereocenters. The molecule has 0 aromatic heterocycles. The molecule has 1 heterocycles. The van der Waals surface area contributed by atoms with E-state index in [1.807, 2.05) is 0 Å². The molecular formula is C15H31N3O. The van der Waals surface area contributed by atoms with E-state index in [4.69, 9.17) is 0 Å². The van der Waals surface area contributed by atoms with Gasteiger partial charge in [-0.15, -0.1) is 0 Å². The van der Waals surface area contributed by atoms with E-state index in [1.54, 1.807) is 7.05 Å². The summed E-state index contributed by atoms with van der Waals surface area (Å²) >= 11 is 0. The molecule has 1 saturated carbocycles. The second-order valence-electron chi connectivity index (χ2n) is 6.41. The maximum absolute atomic E-state index is 9.61. The van der Waals surface area contributed by atoms with Crippen LogP contribution in [0.25, 0.3) is 0 Å². The molecule has 0 bridgehead atoms. The second-order valence-corrected chi connectivity index (χ2v) is 6.41. The van der Waals surface area contributed by atoms with Crippen molar-refractivity contribution in [3.8, 4) is 0 Å². The third-order valence-corrected chi connectivity index (χ3v) is 4.91. The van der Waals surface area contributed by atoms with Crippen LogP contribution in [0.3, 0.4) is 0 Å². The Balaban J connectivity index is 1.72. The first-order valence-electron chi connectivity index (χ1n) is 8.05. The maximum atomic E-state index is 9.61. The standard InChI is InChI=1S/C15H31N3O/c1-3-12-7-8-18(10-12)11-13-5-4-6-14(9-13)17-15(19)16-2/h12-17,19H,3-11H2,1-2H3. The van der Waals surface area contributed by atoms with Crippen LogP contribution in [0.2, 0.25) is 0 Å². The number of nitrogens with one attached hydrogen (secondary N) is 2. The van der Waals surface area contributed by atoms with Crippen LogP contribution in [0, 0.1) is 11.8 Å². The Hall–Kier alpha value is -0.160. The molecule has 1 saturated heterocycles. The van der Waals surface area contributed by atoms with Gasteiger partial charge in [-0.05, 0) is 51.1 Å². The highest BCUT2D eigenvalue weighted by Crippen LogP contribution is 2.28. The zero-order valence-corrected chi connectivity index (χ0v) is 12.6. The predicted octanol–water partition coefficient (Wildman–Crippen LogP) is 1.36. The first-order chi connectivity index (χ1) is 9.21. The fourth-order valence-corrected chi connectivity index (χ4v) is 3.69. The normalized spacial score (nSPS) is 34.6. The number of aliphatic hydroxyl groups is 1. The number of nitrogens with zero attached hydrogens (tertiary/aromatic N) is 1. The molecule has 0 aromatic carbocycles. The van der Waals surface area contributed by atoms with E-state index in [0.29, 0.717) is 6.04 Å². The Morgan fingerprint density at radius 2 is 2.11 bits per heavy atom. The molecule has 1 aliphatic heterocycles. The quantitative estimate of drug-likeness (QED) is 0.637. The van der Waals surface area contributed by atoms with Crippen LogP contribution in [0.5, 0.6) is 0 Å². The molecule has 2 aliphatic rings. The van der Waals surface area contributed by atoms with Gasteiger partial charge in [0.05, 0.1) is 0 Å². The summed E-state index contributed by atoms with van der Waals surface area (Å²) in [7, 11) is 1.78. The Labute approximate surface area is 117 Å². The molecule has 0 amide bonds. The largest absolute Gasteiger partial charge is 0.365 e. The smallest absolute Gasteiger partial charge is 0.160 e. The number of aliphatic hydroxyl groups excluding tert-OH is 1. The highest BCUT2D eigenvalue weighted by atomic mass is 16.3. The lowest BCUT2D eigenvalue weighted by molar-refractivity contribution is 0.0795. The zero-order chi connectivity index (χ0) is 13.7. The molecule has 1 aliphatic carbocycles. The predicted molar refractivity (Wildman–Crippen MR) is 78.8 cm³/mol. The summed E-state index contributed by atoms with van der Waals surface area (Å²) in [5.41, 5.74) is 0. The molecule has 0 aromatic rings. The Bertz CT molecular complexity index is 262. The van der Waals surface area contributed by atoms with Crippen molar-refractivity contribution < 1.29 is 5.11 Å². The van der Waals surface area contributed by atoms with E-state index < -0.39 is 6.35 Å². The average molecular weight is 269 g/mol. The summed E-state index contributed by atoms with van der Waals surface area (Å²) in [5, 5.41) is 15.7. The van der Waals surface area contributed by atoms with Crippen LogP contribution in [0.4, 0.5) is 0 Å². The third kappa shape index (κ3) is 4.71. The van der Waals surface area contributed by atoms with Crippen LogP contribution in [0.1, 0.15) is 45.4 Å². The molecule has 0 radical (unpaired) electrons. The van der Waals surface area contributed by atoms with Crippen LogP contribution < -0.4 is 10.6 Å². The number of rotatable bonds is 6. The van der Waals surface area contributed by atoms with Gasteiger partial charge in [-0.3, -0.25) is 10.6 Å². The van der Waals surface area contributed by atoms with Crippen molar-refractivity contribution in [2.24, 2.45) is 11.8 Å². The molecule has 112 valence electrons. The number of hydrogen-bond donors (Lipinski definition) is 3. The van der Waals surface area contributed by atoms with Crippen LogP contribution >= 0.6 is 0 Å². The minimum absolute atomic E-state index is 0.478. The first kappa shape index (κ1) is 15.2. The van der Waals surface area contributed by atoms with Gasteiger partial charge >= 0.3 is 0 Å². The summed E-state index contributed by atoms with van der Waals surface area (Å²) in [6, 6.07) is 0.478. The Kier molecular flexibility index (Phi) is 6.07. The van der Waals surface area contributed by atoms with E-state index in [-0.39, 0.29) is 0 Å². The Morgan fingerprint density at radius 1 is 1.26 bits per heavy atom. The fourth-order valence-electron chi connectivity index (χ4n) is 3.69. The molecule has 3 N–H and O–H groups in total. The van der Waals surface area contributed by atoms with Crippen molar-refractivity contribution in [1.29, 1.82) is 0 Å². The monoisotopic (exact) mass is 269 g/mol. The summed E-state index contributed by atoms with van der Waals surface area (Å²) in [6.45, 7) is 6.19. The van der Waals surface area contributed by atoms with Gasteiger partial charge in [0.15, 0.2) is 6.35 Å². The van der Waals surface area contributed by atoms with Gasteiger partial charge in [0.25, 0.3) is 0 Å². The maximum Gasteiger partial charge on any atom is 0.160 e. The van der Waals surface area contributed by atoms with Crippen LogP contribution in [-0.4, -0.2) is 49.1 Å². The highest BCUT2D eigenvalue weighted by Gasteiger charge is 2.27. The van der Waals surface area contributed by atoms with Crippen molar-refractivity contribution in [3.05, 3.63) is 0 Å². The molecule has 2 rings (SSSR count). The summed E-state index contributed by atoms with van der Waals surface area (Å²) in [4.78, 5) is 2.66. The van der Waals surface area contributed by atoms with Crippen molar-refractivity contribution in [2.75, 3.05) is 26.7 Å². The summed E-state index contributed by atoms with van der Waals surface area (Å²) in [6.07, 6.45) is 7.24. The van der Waals surface area contributed by atoms with Gasteiger partial charge in [0, 0.05) is 19.1 Å². The third-order valence-electron chi connectivity index (χ3n) is 4.91. The SMILES string of the molecule is CCC1CCN(CC2CCCC(NC(O)NC)C2)C1. The van der Waals surface area contributed by atoms with E-state index in [0.717, 1.165) is 11.8 Å². The van der Waals surface area contributed by atoms with Gasteiger partial charge in [-0.2, -0.15) is 0 Å². The van der Waals surface area contributed by atoms with Gasteiger partial charge in [0.1, 0.15) is 0 Å². The first-order valence-corrected chi connectivity index (χ1v) is 8.05. The van der Waals surface area contributed by atoms with Crippen molar-refractivity contribution in [1.82, 2.24) is 15.5 Å². The zero-order valence-electron chi connectivity index (χ0n) is 12.6. The summed E-state index contributed by atoms with van der Waals surface area (Å²) < 4.78 is 0. The highest BCUT2D eigenvalue weighted by molar-refractivity contribution is 4.83. The van der Waals surface area contributed by atoms with Gasteiger partial charge in [-0.25, -0.2) is 0 Å². The summed E-state index contributed by atoms with van der Waals surface area (Å²) in [5.74, 6) is 1.74. The van der Waals surface area contributed by atoms with E-state index in [1.165, 1.54) is 58.2 Å². The Morgan fingerprint density at radius 3 is 2.79 bits per heavy atom. The second kappa shape index (κ2) is 7.58. The molecule has 4 heteroatoms. The minimum atomic E-state index is -0.556. The minimum Gasteiger partial charge on any atom is -0.365 e. The lowest BCUT2D eigenvalue weighted by atomic mass is 9.85. The lowest BCUT2D eigenvalue weighted by Crippen LogP contribution is -2.48. The van der Waals surface area contributed by atoms with E-state index in [9.17, 15) is 5.11 Å². The van der Waals surface area contributed by atoms with Gasteiger partial charge in [0.2, 0.25) is 0 Å². The molecule has 4 nitrogen and oxygen atoms in total. The van der Waals surface area contributed by atoms with Crippen LogP contribution in [-0.2, 0) is 0 Å². The average Bonchev–Trinajstić information content (AvgIpc) is 2.86. The number of likely N-dealkylation sites (tertiary alicyclic amines) is 1. The molecule has 19 heavy (non-hydrogen) atoms. The lowest BCUT2D eigenvalue weighted by Gasteiger charge is -2.33. The van der Waals surface area contributed by atoms with E-state index >= 15 is 0 Å².